The van der Waals surface area contributed by atoms with E-state index in [1.807, 2.05) is 34.6 Å². The summed E-state index contributed by atoms with van der Waals surface area (Å²) in [6, 6.07) is 8.29. The van der Waals surface area contributed by atoms with Gasteiger partial charge in [-0.15, -0.1) is 22.9 Å². The highest BCUT2D eigenvalue weighted by atomic mass is 127. The summed E-state index contributed by atoms with van der Waals surface area (Å²) >= 11 is 9.72. The Bertz CT molecular complexity index is 723. The van der Waals surface area contributed by atoms with Crippen LogP contribution < -0.4 is 0 Å². The van der Waals surface area contributed by atoms with Crippen molar-refractivity contribution in [2.24, 2.45) is 0 Å². The zero-order valence-electron chi connectivity index (χ0n) is 10.5. The standard InChI is InChI=1S/C14H11ClIN3S/c15-5-12-9-20-14(18-12)13-4-2-1-3-10(13)7-19-8-11(16)6-17-19/h1-4,6,8-9H,5,7H2. The number of benzene rings is 1. The Morgan fingerprint density at radius 1 is 1.30 bits per heavy atom. The molecule has 0 N–H and O–H groups in total. The minimum atomic E-state index is 0.454. The van der Waals surface area contributed by atoms with E-state index >= 15 is 0 Å². The summed E-state index contributed by atoms with van der Waals surface area (Å²) in [6.45, 7) is 0.745. The average Bonchev–Trinajstić information content (AvgIpc) is 3.08. The smallest absolute Gasteiger partial charge is 0.124 e. The Hall–Kier alpha value is -0.920. The van der Waals surface area contributed by atoms with Crippen LogP contribution in [0.4, 0.5) is 0 Å². The Morgan fingerprint density at radius 3 is 2.85 bits per heavy atom. The zero-order chi connectivity index (χ0) is 13.9. The van der Waals surface area contributed by atoms with Crippen molar-refractivity contribution in [3.8, 4) is 10.6 Å². The van der Waals surface area contributed by atoms with Gasteiger partial charge in [0.1, 0.15) is 5.01 Å². The summed E-state index contributed by atoms with van der Waals surface area (Å²) in [7, 11) is 0. The first-order valence-corrected chi connectivity index (χ1v) is 8.52. The van der Waals surface area contributed by atoms with Crippen LogP contribution in [0, 0.1) is 3.57 Å². The minimum absolute atomic E-state index is 0.454. The largest absolute Gasteiger partial charge is 0.267 e. The molecule has 2 aromatic heterocycles. The fourth-order valence-corrected chi connectivity index (χ4v) is 3.51. The van der Waals surface area contributed by atoms with E-state index in [-0.39, 0.29) is 0 Å². The van der Waals surface area contributed by atoms with Gasteiger partial charge in [0.2, 0.25) is 0 Å². The van der Waals surface area contributed by atoms with E-state index in [4.69, 9.17) is 11.6 Å². The summed E-state index contributed by atoms with van der Waals surface area (Å²) in [4.78, 5) is 4.56. The van der Waals surface area contributed by atoms with Gasteiger partial charge >= 0.3 is 0 Å². The van der Waals surface area contributed by atoms with Crippen molar-refractivity contribution in [1.82, 2.24) is 14.8 Å². The summed E-state index contributed by atoms with van der Waals surface area (Å²) in [6.07, 6.45) is 3.89. The number of rotatable bonds is 4. The van der Waals surface area contributed by atoms with Gasteiger partial charge in [0.25, 0.3) is 0 Å². The molecular formula is C14H11ClIN3S. The minimum Gasteiger partial charge on any atom is -0.267 e. The Labute approximate surface area is 139 Å². The van der Waals surface area contributed by atoms with E-state index in [0.717, 1.165) is 26.4 Å². The highest BCUT2D eigenvalue weighted by Gasteiger charge is 2.09. The number of hydrogen-bond donors (Lipinski definition) is 0. The molecule has 102 valence electrons. The molecule has 0 amide bonds. The number of aromatic nitrogens is 3. The van der Waals surface area contributed by atoms with Crippen LogP contribution in [0.15, 0.2) is 42.0 Å². The molecule has 0 spiro atoms. The predicted molar refractivity (Wildman–Crippen MR) is 91.2 cm³/mol. The molecule has 0 aliphatic heterocycles. The van der Waals surface area contributed by atoms with Gasteiger partial charge in [-0.05, 0) is 28.2 Å². The van der Waals surface area contributed by atoms with Crippen LogP contribution in [0.5, 0.6) is 0 Å². The second kappa shape index (κ2) is 6.24. The molecule has 1 aromatic carbocycles. The fourth-order valence-electron chi connectivity index (χ4n) is 1.96. The molecule has 20 heavy (non-hydrogen) atoms. The lowest BCUT2D eigenvalue weighted by Crippen LogP contribution is -2.01. The molecule has 3 rings (SSSR count). The Morgan fingerprint density at radius 2 is 2.15 bits per heavy atom. The highest BCUT2D eigenvalue weighted by molar-refractivity contribution is 14.1. The van der Waals surface area contributed by atoms with Crippen molar-refractivity contribution in [2.75, 3.05) is 0 Å². The number of halogens is 2. The van der Waals surface area contributed by atoms with Crippen LogP contribution in [0.1, 0.15) is 11.3 Å². The Kier molecular flexibility index (Phi) is 4.38. The molecule has 0 radical (unpaired) electrons. The van der Waals surface area contributed by atoms with Gasteiger partial charge < -0.3 is 0 Å². The third kappa shape index (κ3) is 3.05. The normalized spacial score (nSPS) is 10.9. The van der Waals surface area contributed by atoms with Crippen molar-refractivity contribution < 1.29 is 0 Å². The predicted octanol–water partition coefficient (Wildman–Crippen LogP) is 4.40. The van der Waals surface area contributed by atoms with Crippen LogP contribution in [-0.2, 0) is 12.4 Å². The summed E-state index contributed by atoms with van der Waals surface area (Å²) in [5, 5.41) is 7.36. The maximum atomic E-state index is 5.83. The van der Waals surface area contributed by atoms with Crippen molar-refractivity contribution in [3.63, 3.8) is 0 Å². The van der Waals surface area contributed by atoms with Gasteiger partial charge in [0.15, 0.2) is 0 Å². The molecule has 0 atom stereocenters. The van der Waals surface area contributed by atoms with E-state index in [9.17, 15) is 0 Å². The van der Waals surface area contributed by atoms with Crippen LogP contribution in [-0.4, -0.2) is 14.8 Å². The maximum Gasteiger partial charge on any atom is 0.124 e. The van der Waals surface area contributed by atoms with Crippen LogP contribution in [0.2, 0.25) is 0 Å². The van der Waals surface area contributed by atoms with Crippen molar-refractivity contribution in [3.05, 3.63) is 56.9 Å². The highest BCUT2D eigenvalue weighted by Crippen LogP contribution is 2.28. The maximum absolute atomic E-state index is 5.83. The number of nitrogens with zero attached hydrogens (tertiary/aromatic N) is 3. The molecule has 0 aliphatic carbocycles. The average molecular weight is 416 g/mol. The first kappa shape index (κ1) is 14.0. The van der Waals surface area contributed by atoms with Gasteiger partial charge in [0, 0.05) is 17.1 Å². The van der Waals surface area contributed by atoms with E-state index in [2.05, 4.69) is 44.8 Å². The molecule has 0 saturated carbocycles. The van der Waals surface area contributed by atoms with E-state index in [1.54, 1.807) is 11.3 Å². The molecular weight excluding hydrogens is 405 g/mol. The van der Waals surface area contributed by atoms with Gasteiger partial charge in [-0.3, -0.25) is 4.68 Å². The first-order valence-electron chi connectivity index (χ1n) is 6.03. The van der Waals surface area contributed by atoms with Crippen molar-refractivity contribution in [2.45, 2.75) is 12.4 Å². The lowest BCUT2D eigenvalue weighted by molar-refractivity contribution is 0.687. The number of alkyl halides is 1. The second-order valence-electron chi connectivity index (χ2n) is 4.29. The van der Waals surface area contributed by atoms with Gasteiger partial charge in [0.05, 0.1) is 27.9 Å². The SMILES string of the molecule is ClCc1csc(-c2ccccc2Cn2cc(I)cn2)n1. The quantitative estimate of drug-likeness (QED) is 0.467. The van der Waals surface area contributed by atoms with Gasteiger partial charge in [-0.2, -0.15) is 5.10 Å². The van der Waals surface area contributed by atoms with Crippen LogP contribution >= 0.6 is 45.5 Å². The zero-order valence-corrected chi connectivity index (χ0v) is 14.2. The second-order valence-corrected chi connectivity index (χ2v) is 6.66. The molecule has 0 saturated heterocycles. The number of thiazole rings is 1. The lowest BCUT2D eigenvalue weighted by atomic mass is 10.1. The lowest BCUT2D eigenvalue weighted by Gasteiger charge is -2.07. The molecule has 6 heteroatoms. The molecule has 3 aromatic rings. The summed E-state index contributed by atoms with van der Waals surface area (Å²) in [5.41, 5.74) is 3.29. The molecule has 0 bridgehead atoms. The van der Waals surface area contributed by atoms with E-state index in [0.29, 0.717) is 5.88 Å². The molecule has 2 heterocycles. The summed E-state index contributed by atoms with van der Waals surface area (Å²) in [5.74, 6) is 0.454. The molecule has 3 nitrogen and oxygen atoms in total. The first-order chi connectivity index (χ1) is 9.76. The van der Waals surface area contributed by atoms with E-state index in [1.165, 1.54) is 5.56 Å². The third-order valence-corrected chi connectivity index (χ3v) is 4.63. The fraction of sp³-hybridized carbons (Fsp3) is 0.143. The van der Waals surface area contributed by atoms with Gasteiger partial charge in [-0.25, -0.2) is 4.98 Å². The molecule has 0 fully saturated rings. The van der Waals surface area contributed by atoms with Gasteiger partial charge in [-0.1, -0.05) is 24.3 Å². The van der Waals surface area contributed by atoms with E-state index < -0.39 is 0 Å². The monoisotopic (exact) mass is 415 g/mol. The molecule has 0 aliphatic rings. The summed E-state index contributed by atoms with van der Waals surface area (Å²) < 4.78 is 3.08. The van der Waals surface area contributed by atoms with Crippen LogP contribution in [0.3, 0.4) is 0 Å². The van der Waals surface area contributed by atoms with Crippen LogP contribution in [0.25, 0.3) is 10.6 Å². The van der Waals surface area contributed by atoms with Crippen molar-refractivity contribution in [1.29, 1.82) is 0 Å². The number of hydrogen-bond acceptors (Lipinski definition) is 3. The van der Waals surface area contributed by atoms with Crippen molar-refractivity contribution >= 4 is 45.5 Å². The Balaban J connectivity index is 1.95. The third-order valence-electron chi connectivity index (χ3n) is 2.87. The topological polar surface area (TPSA) is 30.7 Å². The molecule has 0 unspecified atom stereocenters.